The third-order valence-corrected chi connectivity index (χ3v) is 5.66. The van der Waals surface area contributed by atoms with Gasteiger partial charge in [-0.05, 0) is 30.7 Å². The molecule has 29 heavy (non-hydrogen) atoms. The number of aryl methyl sites for hydroxylation is 1. The van der Waals surface area contributed by atoms with Gasteiger partial charge in [0.2, 0.25) is 6.10 Å². The molecule has 3 heterocycles. The van der Waals surface area contributed by atoms with Crippen molar-refractivity contribution < 1.29 is 9.63 Å². The number of oxime groups is 1. The number of anilines is 1. The number of nitrogens with zero attached hydrogens (tertiary/aromatic N) is 2. The smallest absolute Gasteiger partial charge is 0.268 e. The molecule has 7 nitrogen and oxygen atoms in total. The number of rotatable bonds is 5. The van der Waals surface area contributed by atoms with Gasteiger partial charge in [0.15, 0.2) is 0 Å². The maximum absolute atomic E-state index is 12.6. The lowest BCUT2D eigenvalue weighted by Crippen LogP contribution is -2.28. The van der Waals surface area contributed by atoms with Crippen LogP contribution in [0.4, 0.5) is 5.69 Å². The van der Waals surface area contributed by atoms with Crippen LogP contribution in [0.25, 0.3) is 11.4 Å². The fourth-order valence-corrected chi connectivity index (χ4v) is 3.96. The Morgan fingerprint density at radius 1 is 1.34 bits per heavy atom. The number of halogens is 1. The number of amides is 1. The van der Waals surface area contributed by atoms with Gasteiger partial charge in [-0.3, -0.25) is 9.59 Å². The number of aromatic amines is 1. The average Bonchev–Trinajstić information content (AvgIpc) is 3.37. The number of aromatic nitrogens is 2. The number of nitrogens with one attached hydrogen (secondary N) is 2. The van der Waals surface area contributed by atoms with Crippen LogP contribution >= 0.6 is 22.9 Å². The molecule has 1 atom stereocenters. The molecule has 3 aromatic rings. The zero-order chi connectivity index (χ0) is 20.4. The van der Waals surface area contributed by atoms with Gasteiger partial charge in [0, 0.05) is 29.4 Å². The molecule has 1 amide bonds. The number of carbonyl (C=O) groups excluding carboxylic acids is 1. The number of hydrogen-bond donors (Lipinski definition) is 2. The first kappa shape index (κ1) is 19.4. The molecular formula is C20H17ClN4O3S. The van der Waals surface area contributed by atoms with Crippen molar-refractivity contribution in [3.63, 3.8) is 0 Å². The number of benzene rings is 1. The van der Waals surface area contributed by atoms with Crippen LogP contribution in [0, 0.1) is 0 Å². The van der Waals surface area contributed by atoms with Gasteiger partial charge >= 0.3 is 0 Å². The van der Waals surface area contributed by atoms with Gasteiger partial charge in [-0.2, -0.15) is 0 Å². The highest BCUT2D eigenvalue weighted by molar-refractivity contribution is 7.18. The summed E-state index contributed by atoms with van der Waals surface area (Å²) in [7, 11) is 0. The molecule has 0 bridgehead atoms. The third kappa shape index (κ3) is 4.38. The van der Waals surface area contributed by atoms with E-state index in [2.05, 4.69) is 20.4 Å². The monoisotopic (exact) mass is 428 g/mol. The van der Waals surface area contributed by atoms with Gasteiger partial charge in [-0.25, -0.2) is 4.98 Å². The highest BCUT2D eigenvalue weighted by Gasteiger charge is 2.29. The van der Waals surface area contributed by atoms with Gasteiger partial charge in [0.25, 0.3) is 11.5 Å². The molecule has 0 fully saturated rings. The van der Waals surface area contributed by atoms with Crippen molar-refractivity contribution in [1.82, 2.24) is 9.97 Å². The zero-order valence-electron chi connectivity index (χ0n) is 15.4. The van der Waals surface area contributed by atoms with Gasteiger partial charge < -0.3 is 15.1 Å². The summed E-state index contributed by atoms with van der Waals surface area (Å²) in [5.41, 5.74) is 2.48. The van der Waals surface area contributed by atoms with Crippen LogP contribution in [0.15, 0.2) is 52.4 Å². The summed E-state index contributed by atoms with van der Waals surface area (Å²) in [6.45, 7) is 1.93. The molecule has 1 aliphatic rings. The van der Waals surface area contributed by atoms with E-state index in [-0.39, 0.29) is 11.5 Å². The van der Waals surface area contributed by atoms with Crippen molar-refractivity contribution in [2.45, 2.75) is 25.9 Å². The van der Waals surface area contributed by atoms with Crippen LogP contribution in [0.5, 0.6) is 0 Å². The van der Waals surface area contributed by atoms with Crippen molar-refractivity contribution >= 4 is 40.2 Å². The predicted octanol–water partition coefficient (Wildman–Crippen LogP) is 3.85. The lowest BCUT2D eigenvalue weighted by Gasteiger charge is -2.11. The maximum Gasteiger partial charge on any atom is 0.268 e. The van der Waals surface area contributed by atoms with E-state index in [4.69, 9.17) is 16.4 Å². The van der Waals surface area contributed by atoms with Crippen LogP contribution in [-0.4, -0.2) is 27.7 Å². The highest BCUT2D eigenvalue weighted by Crippen LogP contribution is 2.27. The van der Waals surface area contributed by atoms with Crippen LogP contribution in [0.3, 0.4) is 0 Å². The van der Waals surface area contributed by atoms with Crippen molar-refractivity contribution in [3.05, 3.63) is 67.7 Å². The molecule has 9 heteroatoms. The van der Waals surface area contributed by atoms with E-state index in [1.807, 2.05) is 19.1 Å². The number of thiophene rings is 1. The molecule has 0 aliphatic carbocycles. The summed E-state index contributed by atoms with van der Waals surface area (Å²) in [6, 6.07) is 12.2. The molecule has 148 valence electrons. The van der Waals surface area contributed by atoms with Crippen LogP contribution in [0.2, 0.25) is 4.34 Å². The summed E-state index contributed by atoms with van der Waals surface area (Å²) in [6.07, 6.45) is 0.316. The Balaban J connectivity index is 1.47. The van der Waals surface area contributed by atoms with E-state index in [1.54, 1.807) is 24.3 Å². The molecule has 0 radical (unpaired) electrons. The topological polar surface area (TPSA) is 96.4 Å². The Kier molecular flexibility index (Phi) is 5.46. The first-order chi connectivity index (χ1) is 14.0. The molecular weight excluding hydrogens is 412 g/mol. The largest absolute Gasteiger partial charge is 0.382 e. The van der Waals surface area contributed by atoms with E-state index >= 15 is 0 Å². The fourth-order valence-electron chi connectivity index (χ4n) is 2.93. The molecule has 2 aromatic heterocycles. The van der Waals surface area contributed by atoms with Crippen molar-refractivity contribution in [2.75, 3.05) is 5.32 Å². The van der Waals surface area contributed by atoms with E-state index in [0.717, 1.165) is 4.88 Å². The van der Waals surface area contributed by atoms with Crippen molar-refractivity contribution in [1.29, 1.82) is 0 Å². The molecule has 2 N–H and O–H groups in total. The Labute approximate surface area is 175 Å². The third-order valence-electron chi connectivity index (χ3n) is 4.38. The number of carbonyl (C=O) groups is 1. The highest BCUT2D eigenvalue weighted by atomic mass is 35.5. The second kappa shape index (κ2) is 8.18. The first-order valence-corrected chi connectivity index (χ1v) is 10.2. The van der Waals surface area contributed by atoms with Gasteiger partial charge in [0.1, 0.15) is 11.5 Å². The summed E-state index contributed by atoms with van der Waals surface area (Å²) in [5.74, 6) is 0.162. The number of H-pyrrole nitrogens is 1. The van der Waals surface area contributed by atoms with Gasteiger partial charge in [0.05, 0.1) is 9.21 Å². The molecule has 4 rings (SSSR count). The standard InChI is InChI=1S/C20H17ClN4O3S/c1-2-12-9-18(26)24-19(22-12)11-4-3-5-13(8-11)23-20(27)15-10-14(25-28-15)16-6-7-17(21)29-16/h3-9,15H,2,10H2,1H3,(H,23,27)(H,22,24,26). The summed E-state index contributed by atoms with van der Waals surface area (Å²) in [4.78, 5) is 37.8. The first-order valence-electron chi connectivity index (χ1n) is 9.02. The number of hydrogen-bond acceptors (Lipinski definition) is 6. The quantitative estimate of drug-likeness (QED) is 0.645. The van der Waals surface area contributed by atoms with E-state index in [9.17, 15) is 9.59 Å². The summed E-state index contributed by atoms with van der Waals surface area (Å²) in [5, 5.41) is 6.85. The molecule has 0 saturated heterocycles. The zero-order valence-corrected chi connectivity index (χ0v) is 17.0. The fraction of sp³-hybridized carbons (Fsp3) is 0.200. The van der Waals surface area contributed by atoms with Crippen molar-refractivity contribution in [3.8, 4) is 11.4 Å². The minimum atomic E-state index is -0.712. The molecule has 1 unspecified atom stereocenters. The SMILES string of the molecule is CCc1cc(=O)[nH]c(-c2cccc(NC(=O)C3CC(c4ccc(Cl)s4)=NO3)c2)n1. The average molecular weight is 429 g/mol. The van der Waals surface area contributed by atoms with Crippen LogP contribution in [0.1, 0.15) is 23.9 Å². The maximum atomic E-state index is 12.6. The minimum absolute atomic E-state index is 0.209. The summed E-state index contributed by atoms with van der Waals surface area (Å²) >= 11 is 7.35. The molecule has 0 spiro atoms. The van der Waals surface area contributed by atoms with E-state index in [1.165, 1.54) is 17.4 Å². The molecule has 1 aromatic carbocycles. The Morgan fingerprint density at radius 2 is 2.21 bits per heavy atom. The Hall–Kier alpha value is -2.97. The summed E-state index contributed by atoms with van der Waals surface area (Å²) < 4.78 is 0.659. The minimum Gasteiger partial charge on any atom is -0.382 e. The lowest BCUT2D eigenvalue weighted by atomic mass is 10.1. The Bertz CT molecular complexity index is 1150. The second-order valence-corrected chi connectivity index (χ2v) is 8.16. The normalized spacial score (nSPS) is 15.7. The van der Waals surface area contributed by atoms with E-state index < -0.39 is 6.10 Å². The van der Waals surface area contributed by atoms with Crippen LogP contribution < -0.4 is 10.9 Å². The van der Waals surface area contributed by atoms with Gasteiger partial charge in [-0.1, -0.05) is 35.8 Å². The second-order valence-electron chi connectivity index (χ2n) is 6.45. The lowest BCUT2D eigenvalue weighted by molar-refractivity contribution is -0.125. The predicted molar refractivity (Wildman–Crippen MR) is 114 cm³/mol. The molecule has 0 saturated carbocycles. The van der Waals surface area contributed by atoms with Crippen molar-refractivity contribution in [2.24, 2.45) is 5.16 Å². The van der Waals surface area contributed by atoms with E-state index in [0.29, 0.717) is 45.7 Å². The van der Waals surface area contributed by atoms with Gasteiger partial charge in [-0.15, -0.1) is 11.3 Å². The Morgan fingerprint density at radius 3 is 2.97 bits per heavy atom. The molecule has 1 aliphatic heterocycles. The van der Waals surface area contributed by atoms with Crippen LogP contribution in [-0.2, 0) is 16.1 Å².